The van der Waals surface area contributed by atoms with Gasteiger partial charge in [-0.3, -0.25) is 9.78 Å². The maximum atomic E-state index is 12.1. The third-order valence-corrected chi connectivity index (χ3v) is 5.34. The molecule has 0 atom stereocenters. The number of carbonyl (C=O) groups excluding carboxylic acids is 1. The van der Waals surface area contributed by atoms with Crippen molar-refractivity contribution in [3.05, 3.63) is 58.3 Å². The second-order valence-electron chi connectivity index (χ2n) is 5.15. The highest BCUT2D eigenvalue weighted by Gasteiger charge is 2.14. The van der Waals surface area contributed by atoms with Crippen molar-refractivity contribution in [2.24, 2.45) is 0 Å². The monoisotopic (exact) mass is 411 g/mol. The number of carbonyl (C=O) groups is 1. The summed E-state index contributed by atoms with van der Waals surface area (Å²) in [5.41, 5.74) is 1.79. The quantitative estimate of drug-likeness (QED) is 0.730. The van der Waals surface area contributed by atoms with Gasteiger partial charge in [0, 0.05) is 23.6 Å². The Balaban J connectivity index is 1.80. The van der Waals surface area contributed by atoms with E-state index in [1.165, 1.54) is 12.1 Å². The van der Waals surface area contributed by atoms with E-state index in [-0.39, 0.29) is 23.8 Å². The van der Waals surface area contributed by atoms with Crippen LogP contribution in [0.4, 0.5) is 0 Å². The molecule has 2 aromatic rings. The average Bonchev–Trinajstić information content (AvgIpc) is 2.54. The van der Waals surface area contributed by atoms with Gasteiger partial charge in [-0.25, -0.2) is 13.1 Å². The SMILES string of the molecule is Cc1cccnc1CNC(=O)CCNS(=O)(=O)c1ccc(Br)cc1. The predicted molar refractivity (Wildman–Crippen MR) is 94.8 cm³/mol. The molecule has 0 aliphatic carbocycles. The molecule has 0 aliphatic heterocycles. The molecule has 0 unspecified atom stereocenters. The summed E-state index contributed by atoms with van der Waals surface area (Å²) >= 11 is 3.25. The fraction of sp³-hybridized carbons (Fsp3) is 0.250. The zero-order chi connectivity index (χ0) is 17.6. The molecule has 6 nitrogen and oxygen atoms in total. The Labute approximate surface area is 149 Å². The number of aryl methyl sites for hydroxylation is 1. The van der Waals surface area contributed by atoms with Gasteiger partial charge in [0.05, 0.1) is 17.1 Å². The van der Waals surface area contributed by atoms with E-state index in [0.29, 0.717) is 6.54 Å². The molecule has 8 heteroatoms. The Bertz CT molecular complexity index is 808. The fourth-order valence-electron chi connectivity index (χ4n) is 1.97. The Morgan fingerprint density at radius 1 is 1.21 bits per heavy atom. The maximum Gasteiger partial charge on any atom is 0.240 e. The highest BCUT2D eigenvalue weighted by atomic mass is 79.9. The van der Waals surface area contributed by atoms with Crippen LogP contribution >= 0.6 is 15.9 Å². The molecule has 0 bridgehead atoms. The first-order valence-corrected chi connectivity index (χ1v) is 9.58. The number of nitrogens with zero attached hydrogens (tertiary/aromatic N) is 1. The van der Waals surface area contributed by atoms with Gasteiger partial charge in [0.2, 0.25) is 15.9 Å². The van der Waals surface area contributed by atoms with Gasteiger partial charge in [-0.2, -0.15) is 0 Å². The summed E-state index contributed by atoms with van der Waals surface area (Å²) in [7, 11) is -3.61. The number of amides is 1. The predicted octanol–water partition coefficient (Wildman–Crippen LogP) is 2.14. The van der Waals surface area contributed by atoms with Crippen LogP contribution in [0.3, 0.4) is 0 Å². The smallest absolute Gasteiger partial charge is 0.240 e. The van der Waals surface area contributed by atoms with Crippen LogP contribution in [-0.4, -0.2) is 25.9 Å². The molecule has 1 amide bonds. The molecular formula is C16H18BrN3O3S. The molecule has 0 aliphatic rings. The summed E-state index contributed by atoms with van der Waals surface area (Å²) in [6.07, 6.45) is 1.72. The summed E-state index contributed by atoms with van der Waals surface area (Å²) in [5.74, 6) is -0.237. The van der Waals surface area contributed by atoms with E-state index >= 15 is 0 Å². The second-order valence-corrected chi connectivity index (χ2v) is 7.83. The van der Waals surface area contributed by atoms with Gasteiger partial charge < -0.3 is 5.32 Å². The van der Waals surface area contributed by atoms with Crippen molar-refractivity contribution >= 4 is 31.9 Å². The first kappa shape index (κ1) is 18.6. The van der Waals surface area contributed by atoms with E-state index in [9.17, 15) is 13.2 Å². The molecule has 2 rings (SSSR count). The molecule has 128 valence electrons. The first-order chi connectivity index (χ1) is 11.4. The number of aromatic nitrogens is 1. The standard InChI is InChI=1S/C16H18BrN3O3S/c1-12-3-2-9-18-15(12)11-19-16(21)8-10-20-24(22,23)14-6-4-13(17)5-7-14/h2-7,9,20H,8,10-11H2,1H3,(H,19,21). The number of rotatable bonds is 7. The van der Waals surface area contributed by atoms with Crippen molar-refractivity contribution in [1.29, 1.82) is 0 Å². The number of hydrogen-bond acceptors (Lipinski definition) is 4. The molecule has 0 spiro atoms. The highest BCUT2D eigenvalue weighted by molar-refractivity contribution is 9.10. The summed E-state index contributed by atoms with van der Waals surface area (Å²) in [5, 5.41) is 2.73. The Morgan fingerprint density at radius 2 is 1.92 bits per heavy atom. The van der Waals surface area contributed by atoms with Crippen molar-refractivity contribution in [3.63, 3.8) is 0 Å². The van der Waals surface area contributed by atoms with Crippen molar-refractivity contribution in [2.75, 3.05) is 6.54 Å². The number of halogens is 1. The van der Waals surface area contributed by atoms with E-state index in [1.807, 2.05) is 19.1 Å². The van der Waals surface area contributed by atoms with Crippen molar-refractivity contribution in [2.45, 2.75) is 24.8 Å². The van der Waals surface area contributed by atoms with Crippen LogP contribution in [0.15, 0.2) is 52.0 Å². The van der Waals surface area contributed by atoms with Gasteiger partial charge in [-0.1, -0.05) is 22.0 Å². The summed E-state index contributed by atoms with van der Waals surface area (Å²) < 4.78 is 27.4. The van der Waals surface area contributed by atoms with E-state index in [1.54, 1.807) is 18.3 Å². The van der Waals surface area contributed by atoms with E-state index in [2.05, 4.69) is 31.0 Å². The molecule has 0 radical (unpaired) electrons. The Kier molecular flexibility index (Phi) is 6.47. The Hall–Kier alpha value is -1.77. The summed E-state index contributed by atoms with van der Waals surface area (Å²) in [4.78, 5) is 16.2. The van der Waals surface area contributed by atoms with Crippen LogP contribution in [0.5, 0.6) is 0 Å². The summed E-state index contributed by atoms with van der Waals surface area (Å²) in [6, 6.07) is 10.0. The van der Waals surface area contributed by atoms with Gasteiger partial charge in [0.1, 0.15) is 0 Å². The zero-order valence-corrected chi connectivity index (χ0v) is 15.5. The van der Waals surface area contributed by atoms with Crippen LogP contribution in [0, 0.1) is 6.92 Å². The molecule has 1 aromatic carbocycles. The number of pyridine rings is 1. The third kappa shape index (κ3) is 5.40. The van der Waals surface area contributed by atoms with Crippen LogP contribution in [-0.2, 0) is 21.4 Å². The van der Waals surface area contributed by atoms with Gasteiger partial charge in [0.25, 0.3) is 0 Å². The highest BCUT2D eigenvalue weighted by Crippen LogP contribution is 2.14. The first-order valence-electron chi connectivity index (χ1n) is 7.31. The minimum absolute atomic E-state index is 0.0332. The van der Waals surface area contributed by atoms with Crippen LogP contribution in [0.2, 0.25) is 0 Å². The topological polar surface area (TPSA) is 88.2 Å². The molecule has 1 heterocycles. The lowest BCUT2D eigenvalue weighted by Crippen LogP contribution is -2.30. The van der Waals surface area contributed by atoms with E-state index in [4.69, 9.17) is 0 Å². The number of sulfonamides is 1. The molecule has 0 saturated carbocycles. The number of nitrogens with one attached hydrogen (secondary N) is 2. The second kappa shape index (κ2) is 8.36. The molecule has 1 aromatic heterocycles. The van der Waals surface area contributed by atoms with E-state index in [0.717, 1.165) is 15.7 Å². The maximum absolute atomic E-state index is 12.1. The third-order valence-electron chi connectivity index (χ3n) is 3.34. The van der Waals surface area contributed by atoms with Gasteiger partial charge in [-0.15, -0.1) is 0 Å². The van der Waals surface area contributed by atoms with Crippen LogP contribution in [0.25, 0.3) is 0 Å². The lowest BCUT2D eigenvalue weighted by molar-refractivity contribution is -0.121. The molecule has 0 saturated heterocycles. The van der Waals surface area contributed by atoms with Gasteiger partial charge >= 0.3 is 0 Å². The minimum atomic E-state index is -3.61. The van der Waals surface area contributed by atoms with Gasteiger partial charge in [0.15, 0.2) is 0 Å². The lowest BCUT2D eigenvalue weighted by Gasteiger charge is -2.08. The van der Waals surface area contributed by atoms with E-state index < -0.39 is 10.0 Å². The van der Waals surface area contributed by atoms with Crippen molar-refractivity contribution in [3.8, 4) is 0 Å². The largest absolute Gasteiger partial charge is 0.350 e. The minimum Gasteiger partial charge on any atom is -0.350 e. The summed E-state index contributed by atoms with van der Waals surface area (Å²) in [6.45, 7) is 2.28. The normalized spacial score (nSPS) is 11.2. The Morgan fingerprint density at radius 3 is 2.58 bits per heavy atom. The molecule has 2 N–H and O–H groups in total. The number of hydrogen-bond donors (Lipinski definition) is 2. The average molecular weight is 412 g/mol. The molecular weight excluding hydrogens is 394 g/mol. The molecule has 24 heavy (non-hydrogen) atoms. The van der Waals surface area contributed by atoms with Crippen molar-refractivity contribution < 1.29 is 13.2 Å². The van der Waals surface area contributed by atoms with Crippen LogP contribution < -0.4 is 10.0 Å². The number of benzene rings is 1. The van der Waals surface area contributed by atoms with Crippen LogP contribution in [0.1, 0.15) is 17.7 Å². The van der Waals surface area contributed by atoms with Crippen molar-refractivity contribution in [1.82, 2.24) is 15.0 Å². The molecule has 0 fully saturated rings. The van der Waals surface area contributed by atoms with Gasteiger partial charge in [-0.05, 0) is 42.8 Å². The fourth-order valence-corrected chi connectivity index (χ4v) is 3.27. The lowest BCUT2D eigenvalue weighted by atomic mass is 10.2. The zero-order valence-electron chi connectivity index (χ0n) is 13.1.